The monoisotopic (exact) mass is 320 g/mol. The number of hydrogen-bond donors (Lipinski definition) is 0. The molecule has 0 unspecified atom stereocenters. The van der Waals surface area contributed by atoms with Gasteiger partial charge in [-0.25, -0.2) is 24.9 Å². The molecule has 24 heavy (non-hydrogen) atoms. The van der Waals surface area contributed by atoms with E-state index in [2.05, 4.69) is 29.8 Å². The Hall–Kier alpha value is -3.09. The van der Waals surface area contributed by atoms with Crippen molar-refractivity contribution >= 4 is 5.69 Å². The minimum atomic E-state index is 0.530. The van der Waals surface area contributed by atoms with E-state index >= 15 is 0 Å². The molecule has 4 heterocycles. The van der Waals surface area contributed by atoms with E-state index in [9.17, 15) is 0 Å². The van der Waals surface area contributed by atoms with Crippen LogP contribution < -0.4 is 9.64 Å². The lowest BCUT2D eigenvalue weighted by Crippen LogP contribution is -2.30. The minimum Gasteiger partial charge on any atom is -0.481 e. The van der Waals surface area contributed by atoms with E-state index in [1.807, 2.05) is 24.7 Å². The number of hydrogen-bond acceptors (Lipinski definition) is 7. The number of ether oxygens (including phenoxy) is 1. The van der Waals surface area contributed by atoms with Gasteiger partial charge in [-0.3, -0.25) is 0 Å². The lowest BCUT2D eigenvalue weighted by molar-refractivity contribution is 0.396. The fraction of sp³-hybridized carbons (Fsp3) is 0.235. The molecule has 0 spiro atoms. The highest BCUT2D eigenvalue weighted by molar-refractivity contribution is 5.50. The molecule has 0 bridgehead atoms. The molecule has 7 nitrogen and oxygen atoms in total. The van der Waals surface area contributed by atoms with E-state index in [0.717, 1.165) is 25.2 Å². The van der Waals surface area contributed by atoms with Gasteiger partial charge < -0.3 is 9.64 Å². The number of fused-ring (bicyclic) bond motifs is 1. The highest BCUT2D eigenvalue weighted by atomic mass is 16.5. The van der Waals surface area contributed by atoms with Gasteiger partial charge >= 0.3 is 0 Å². The van der Waals surface area contributed by atoms with E-state index < -0.39 is 0 Å². The van der Waals surface area contributed by atoms with Crippen molar-refractivity contribution in [3.8, 4) is 17.5 Å². The van der Waals surface area contributed by atoms with Gasteiger partial charge in [-0.05, 0) is 23.6 Å². The second kappa shape index (κ2) is 6.19. The minimum absolute atomic E-state index is 0.530. The van der Waals surface area contributed by atoms with Crippen LogP contribution in [0.3, 0.4) is 0 Å². The Balaban J connectivity index is 1.56. The molecule has 0 amide bonds. The largest absolute Gasteiger partial charge is 0.481 e. The average Bonchev–Trinajstić information content (AvgIpc) is 2.68. The van der Waals surface area contributed by atoms with Crippen molar-refractivity contribution in [2.75, 3.05) is 18.6 Å². The lowest BCUT2D eigenvalue weighted by Gasteiger charge is -2.30. The average molecular weight is 320 g/mol. The van der Waals surface area contributed by atoms with Crippen LogP contribution in [-0.2, 0) is 13.0 Å². The first-order valence-electron chi connectivity index (χ1n) is 7.69. The van der Waals surface area contributed by atoms with Gasteiger partial charge in [0.25, 0.3) is 0 Å². The Morgan fingerprint density at radius 2 is 1.67 bits per heavy atom. The Labute approximate surface area is 139 Å². The zero-order valence-corrected chi connectivity index (χ0v) is 13.3. The molecule has 3 aromatic heterocycles. The van der Waals surface area contributed by atoms with Crippen LogP contribution in [0.4, 0.5) is 5.69 Å². The van der Waals surface area contributed by atoms with Crippen LogP contribution in [0.1, 0.15) is 11.1 Å². The summed E-state index contributed by atoms with van der Waals surface area (Å²) in [6.45, 7) is 1.70. The lowest BCUT2D eigenvalue weighted by atomic mass is 10.0. The molecule has 1 aliphatic heterocycles. The van der Waals surface area contributed by atoms with Crippen molar-refractivity contribution in [3.05, 3.63) is 54.2 Å². The van der Waals surface area contributed by atoms with E-state index in [4.69, 9.17) is 4.74 Å². The summed E-state index contributed by atoms with van der Waals surface area (Å²) in [5.41, 5.74) is 3.47. The van der Waals surface area contributed by atoms with Crippen molar-refractivity contribution in [1.29, 1.82) is 0 Å². The number of pyridine rings is 1. The third-order valence-corrected chi connectivity index (χ3v) is 4.05. The quantitative estimate of drug-likeness (QED) is 0.729. The van der Waals surface area contributed by atoms with Gasteiger partial charge in [0.05, 0.1) is 25.2 Å². The molecule has 0 fully saturated rings. The summed E-state index contributed by atoms with van der Waals surface area (Å²) in [7, 11) is 1.63. The van der Waals surface area contributed by atoms with Crippen molar-refractivity contribution in [3.63, 3.8) is 0 Å². The molecule has 0 saturated heterocycles. The third kappa shape index (κ3) is 2.76. The molecule has 0 N–H and O–H groups in total. The number of methoxy groups -OCH3 is 1. The summed E-state index contributed by atoms with van der Waals surface area (Å²) in [5, 5.41) is 0. The smallest absolute Gasteiger partial charge is 0.213 e. The van der Waals surface area contributed by atoms with Crippen LogP contribution in [0, 0.1) is 0 Å². The van der Waals surface area contributed by atoms with Gasteiger partial charge in [0.2, 0.25) is 5.88 Å². The number of nitrogens with zero attached hydrogens (tertiary/aromatic N) is 6. The molecule has 0 saturated carbocycles. The zero-order chi connectivity index (χ0) is 16.4. The number of rotatable bonds is 3. The van der Waals surface area contributed by atoms with Gasteiger partial charge in [-0.2, -0.15) is 0 Å². The molecule has 0 aliphatic carbocycles. The van der Waals surface area contributed by atoms with Gasteiger partial charge in [0, 0.05) is 37.7 Å². The van der Waals surface area contributed by atoms with Crippen LogP contribution in [-0.4, -0.2) is 38.6 Å². The van der Waals surface area contributed by atoms with Gasteiger partial charge in [0.1, 0.15) is 0 Å². The number of aromatic nitrogens is 5. The summed E-state index contributed by atoms with van der Waals surface area (Å²) < 4.78 is 5.22. The first-order valence-corrected chi connectivity index (χ1v) is 7.69. The molecule has 1 aliphatic rings. The van der Waals surface area contributed by atoms with Crippen LogP contribution in [0.2, 0.25) is 0 Å². The van der Waals surface area contributed by atoms with Crippen molar-refractivity contribution < 1.29 is 4.74 Å². The van der Waals surface area contributed by atoms with Crippen LogP contribution in [0.5, 0.6) is 5.88 Å². The normalized spacial score (nSPS) is 13.5. The summed E-state index contributed by atoms with van der Waals surface area (Å²) >= 11 is 0. The van der Waals surface area contributed by atoms with Crippen LogP contribution in [0.25, 0.3) is 11.6 Å². The first-order chi connectivity index (χ1) is 11.8. The maximum atomic E-state index is 5.22. The highest BCUT2D eigenvalue weighted by Gasteiger charge is 2.18. The predicted octanol–water partition coefficient (Wildman–Crippen LogP) is 1.90. The standard InChI is InChI=1S/C17H16N6O/c1-24-15-7-13-11-23(6-3-12(13)8-20-15)14-9-21-17(22-10-14)16-18-4-2-5-19-16/h2,4-5,7-10H,3,6,11H2,1H3. The third-order valence-electron chi connectivity index (χ3n) is 4.05. The fourth-order valence-corrected chi connectivity index (χ4v) is 2.76. The van der Waals surface area contributed by atoms with Crippen molar-refractivity contribution in [2.45, 2.75) is 13.0 Å². The number of anilines is 1. The Bertz CT molecular complexity index is 837. The van der Waals surface area contributed by atoms with E-state index in [0.29, 0.717) is 17.5 Å². The van der Waals surface area contributed by atoms with E-state index in [-0.39, 0.29) is 0 Å². The molecular weight excluding hydrogens is 304 g/mol. The molecule has 7 heteroatoms. The summed E-state index contributed by atoms with van der Waals surface area (Å²) in [6, 6.07) is 3.76. The molecular formula is C17H16N6O. The SMILES string of the molecule is COc1cc2c(cn1)CCN(c1cnc(-c3ncccn3)nc1)C2. The topological polar surface area (TPSA) is 76.9 Å². The van der Waals surface area contributed by atoms with E-state index in [1.165, 1.54) is 11.1 Å². The van der Waals surface area contributed by atoms with Gasteiger partial charge in [0.15, 0.2) is 11.6 Å². The van der Waals surface area contributed by atoms with E-state index in [1.54, 1.807) is 25.6 Å². The second-order valence-electron chi connectivity index (χ2n) is 5.50. The predicted molar refractivity (Wildman–Crippen MR) is 88.6 cm³/mol. The zero-order valence-electron chi connectivity index (χ0n) is 13.3. The molecule has 0 atom stereocenters. The van der Waals surface area contributed by atoms with Crippen molar-refractivity contribution in [2.24, 2.45) is 0 Å². The maximum Gasteiger partial charge on any atom is 0.213 e. The first kappa shape index (κ1) is 14.5. The highest BCUT2D eigenvalue weighted by Crippen LogP contribution is 2.25. The molecule has 4 rings (SSSR count). The molecule has 0 radical (unpaired) electrons. The van der Waals surface area contributed by atoms with Crippen LogP contribution >= 0.6 is 0 Å². The summed E-state index contributed by atoms with van der Waals surface area (Å²) in [6.07, 6.45) is 9.85. The Kier molecular flexibility index (Phi) is 3.74. The maximum absolute atomic E-state index is 5.22. The fourth-order valence-electron chi connectivity index (χ4n) is 2.76. The molecule has 120 valence electrons. The molecule has 3 aromatic rings. The van der Waals surface area contributed by atoms with Gasteiger partial charge in [-0.1, -0.05) is 0 Å². The Morgan fingerprint density at radius 3 is 2.42 bits per heavy atom. The second-order valence-corrected chi connectivity index (χ2v) is 5.50. The van der Waals surface area contributed by atoms with Gasteiger partial charge in [-0.15, -0.1) is 0 Å². The Morgan fingerprint density at radius 1 is 0.917 bits per heavy atom. The van der Waals surface area contributed by atoms with Crippen LogP contribution in [0.15, 0.2) is 43.1 Å². The van der Waals surface area contributed by atoms with Crippen molar-refractivity contribution in [1.82, 2.24) is 24.9 Å². The summed E-state index contributed by atoms with van der Waals surface area (Å²) in [5.74, 6) is 1.70. The summed E-state index contributed by atoms with van der Waals surface area (Å²) in [4.78, 5) is 23.7. The molecule has 0 aromatic carbocycles.